The van der Waals surface area contributed by atoms with Crippen molar-refractivity contribution in [2.75, 3.05) is 0 Å². The van der Waals surface area contributed by atoms with Gasteiger partial charge in [-0.25, -0.2) is 4.85 Å². The van der Waals surface area contributed by atoms with Gasteiger partial charge in [0.2, 0.25) is 5.69 Å². The maximum atomic E-state index is 12.0. The molecular weight excluding hydrogens is 849 g/mol. The van der Waals surface area contributed by atoms with E-state index >= 15 is 0 Å². The molecule has 0 saturated carbocycles. The van der Waals surface area contributed by atoms with Crippen LogP contribution in [0.5, 0.6) is 0 Å². The monoisotopic (exact) mass is 880 g/mol. The number of hydrogen-bond donors (Lipinski definition) is 0. The molecule has 68 heavy (non-hydrogen) atoms. The van der Waals surface area contributed by atoms with E-state index in [-0.39, 0.29) is 0 Å². The normalized spacial score (nSPS) is 12.1. The lowest BCUT2D eigenvalue weighted by Gasteiger charge is -2.25. The summed E-state index contributed by atoms with van der Waals surface area (Å²) in [6.07, 6.45) is 0. The van der Waals surface area contributed by atoms with Crippen LogP contribution in [0.1, 0.15) is 5.56 Å². The van der Waals surface area contributed by atoms with Crippen LogP contribution in [-0.2, 0) is 0 Å². The first-order valence-electron chi connectivity index (χ1n) is 22.7. The Hall–Kier alpha value is -9.20. The maximum absolute atomic E-state index is 12.0. The van der Waals surface area contributed by atoms with Crippen molar-refractivity contribution in [3.8, 4) is 39.7 Å². The summed E-state index contributed by atoms with van der Waals surface area (Å²) in [7, 11) is 0. The van der Waals surface area contributed by atoms with E-state index in [0.29, 0.717) is 22.5 Å². The molecule has 0 aliphatic rings. The Morgan fingerprint density at radius 3 is 1.72 bits per heavy atom. The third kappa shape index (κ3) is 4.76. The minimum atomic E-state index is 0.411. The van der Waals surface area contributed by atoms with Crippen LogP contribution in [0, 0.1) is 17.9 Å². The van der Waals surface area contributed by atoms with E-state index in [1.807, 2.05) is 48.5 Å². The Balaban J connectivity index is 1.24. The Kier molecular flexibility index (Phi) is 7.45. The maximum Gasteiger partial charge on any atom is 0.220 e. The van der Waals surface area contributed by atoms with Crippen LogP contribution in [0.15, 0.2) is 199 Å². The van der Waals surface area contributed by atoms with Crippen molar-refractivity contribution in [1.29, 1.82) is 5.26 Å². The topological polar surface area (TPSA) is 51.1 Å². The predicted molar refractivity (Wildman–Crippen MR) is 283 cm³/mol. The van der Waals surface area contributed by atoms with Gasteiger partial charge >= 0.3 is 0 Å². The third-order valence-electron chi connectivity index (χ3n) is 14.3. The summed E-state index contributed by atoms with van der Waals surface area (Å²) in [6.45, 7) is 9.33. The van der Waals surface area contributed by atoms with Crippen LogP contribution < -0.4 is 0 Å². The molecule has 4 aromatic heterocycles. The first-order chi connectivity index (χ1) is 33.7. The molecule has 0 spiro atoms. The Bertz CT molecular complexity index is 4660. The summed E-state index contributed by atoms with van der Waals surface area (Å²) in [4.78, 5) is 4.56. The van der Waals surface area contributed by atoms with Crippen molar-refractivity contribution >= 4 is 124 Å². The van der Waals surface area contributed by atoms with Crippen molar-refractivity contribution in [2.24, 2.45) is 0 Å². The fourth-order valence-electron chi connectivity index (χ4n) is 11.6. The molecule has 312 valence electrons. The Morgan fingerprint density at radius 2 is 1.04 bits per heavy atom. The van der Waals surface area contributed by atoms with Crippen molar-refractivity contribution in [2.45, 2.75) is 0 Å². The third-order valence-corrected chi connectivity index (χ3v) is 15.5. The molecule has 0 N–H and O–H groups in total. The van der Waals surface area contributed by atoms with Gasteiger partial charge in [0.25, 0.3) is 0 Å². The van der Waals surface area contributed by atoms with Gasteiger partial charge in [0.1, 0.15) is 17.2 Å². The highest BCUT2D eigenvalue weighted by atomic mass is 32.1. The number of fused-ring (bicyclic) bond motifs is 13. The summed E-state index contributed by atoms with van der Waals surface area (Å²) in [6, 6.07) is 70.8. The zero-order valence-corrected chi connectivity index (χ0v) is 36.9. The molecular formula is C62H32N4OS. The van der Waals surface area contributed by atoms with E-state index in [1.54, 1.807) is 11.3 Å². The Morgan fingerprint density at radius 1 is 0.456 bits per heavy atom. The van der Waals surface area contributed by atoms with Crippen molar-refractivity contribution in [3.63, 3.8) is 0 Å². The number of aromatic nitrogens is 2. The number of nitrogens with zero attached hydrogens (tertiary/aromatic N) is 4. The summed E-state index contributed by atoms with van der Waals surface area (Å²) in [5.41, 5.74) is 10.8. The second-order valence-corrected chi connectivity index (χ2v) is 18.7. The molecule has 15 aromatic rings. The highest BCUT2D eigenvalue weighted by Crippen LogP contribution is 2.55. The number of thiophene rings is 1. The number of para-hydroxylation sites is 1. The minimum Gasteiger partial charge on any atom is -0.456 e. The molecule has 11 aromatic carbocycles. The van der Waals surface area contributed by atoms with Crippen LogP contribution in [0.3, 0.4) is 0 Å². The van der Waals surface area contributed by atoms with Gasteiger partial charge in [0, 0.05) is 65.0 Å². The first-order valence-corrected chi connectivity index (χ1v) is 23.5. The molecule has 15 rings (SSSR count). The first kappa shape index (κ1) is 37.1. The second-order valence-electron chi connectivity index (χ2n) is 17.6. The standard InChI is InChI=1S/C62H32N4OS/c1-64-58-54(35-16-4-2-5-17-35)47(34-63)59(55(36-18-6-3-7-19-36)61(58)65-48-26-14-24-41-37-20-8-9-21-38(37)42-25-15-27-49(65)57(42)56(41)48)66-50-33-52-46(39-22-10-12-28-51(39)67-52)32-45(50)43-30-31-44-40-23-11-13-29-53(40)68-62(44)60(43)66/h2-33H. The number of nitriles is 1. The van der Waals surface area contributed by atoms with Crippen LogP contribution in [0.4, 0.5) is 5.69 Å². The summed E-state index contributed by atoms with van der Waals surface area (Å²) >= 11 is 1.78. The van der Waals surface area contributed by atoms with Crippen LogP contribution >= 0.6 is 11.3 Å². The molecule has 6 heteroatoms. The van der Waals surface area contributed by atoms with Gasteiger partial charge in [-0.2, -0.15) is 5.26 Å². The molecule has 0 unspecified atom stereocenters. The fourth-order valence-corrected chi connectivity index (χ4v) is 12.9. The van der Waals surface area contributed by atoms with E-state index in [0.717, 1.165) is 109 Å². The number of benzene rings is 11. The van der Waals surface area contributed by atoms with E-state index in [9.17, 15) is 11.8 Å². The lowest BCUT2D eigenvalue weighted by molar-refractivity contribution is 0.669. The lowest BCUT2D eigenvalue weighted by atomic mass is 9.88. The summed E-state index contributed by atoms with van der Waals surface area (Å²) in [5, 5.41) is 25.6. The molecule has 0 fully saturated rings. The predicted octanol–water partition coefficient (Wildman–Crippen LogP) is 17.6. The van der Waals surface area contributed by atoms with Gasteiger partial charge in [-0.15, -0.1) is 11.3 Å². The SMILES string of the molecule is [C-]#[N+]c1c(-c2ccccc2)c(C#N)c(-n2c3cc4oc5ccccc5c4cc3c3ccc4c5ccccc5sc4c32)c(-c2ccccc2)c1-n1c2cccc3c4ccccc4c4cccc1c4c32. The van der Waals surface area contributed by atoms with Gasteiger partial charge in [0.15, 0.2) is 0 Å². The molecule has 0 radical (unpaired) electrons. The van der Waals surface area contributed by atoms with E-state index in [1.165, 1.54) is 20.9 Å². The number of hydrogen-bond acceptors (Lipinski definition) is 3. The molecule has 0 aliphatic carbocycles. The smallest absolute Gasteiger partial charge is 0.220 e. The lowest BCUT2D eigenvalue weighted by Crippen LogP contribution is -2.08. The second kappa shape index (κ2) is 13.7. The van der Waals surface area contributed by atoms with Gasteiger partial charge in [0.05, 0.1) is 50.3 Å². The van der Waals surface area contributed by atoms with Gasteiger partial charge in [-0.05, 0) is 63.0 Å². The molecule has 0 bridgehead atoms. The molecule has 0 aliphatic heterocycles. The minimum absolute atomic E-state index is 0.411. The zero-order chi connectivity index (χ0) is 44.8. The quantitative estimate of drug-likeness (QED) is 0.131. The van der Waals surface area contributed by atoms with Gasteiger partial charge < -0.3 is 13.6 Å². The summed E-state index contributed by atoms with van der Waals surface area (Å²) < 4.78 is 13.7. The zero-order valence-electron chi connectivity index (χ0n) is 36.1. The number of rotatable bonds is 4. The van der Waals surface area contributed by atoms with E-state index < -0.39 is 0 Å². The van der Waals surface area contributed by atoms with Gasteiger partial charge in [-0.3, -0.25) is 0 Å². The fraction of sp³-hybridized carbons (Fsp3) is 0. The van der Waals surface area contributed by atoms with E-state index in [2.05, 4.69) is 166 Å². The highest BCUT2D eigenvalue weighted by molar-refractivity contribution is 7.26. The average molecular weight is 881 g/mol. The molecule has 5 nitrogen and oxygen atoms in total. The number of furan rings is 1. The summed E-state index contributed by atoms with van der Waals surface area (Å²) in [5.74, 6) is 0. The van der Waals surface area contributed by atoms with Crippen molar-refractivity contribution in [1.82, 2.24) is 9.13 Å². The average Bonchev–Trinajstić information content (AvgIpc) is 4.15. The Labute approximate surface area is 391 Å². The van der Waals surface area contributed by atoms with Crippen molar-refractivity contribution < 1.29 is 4.42 Å². The van der Waals surface area contributed by atoms with E-state index in [4.69, 9.17) is 4.42 Å². The van der Waals surface area contributed by atoms with Crippen LogP contribution in [-0.4, -0.2) is 9.13 Å². The van der Waals surface area contributed by atoms with Crippen molar-refractivity contribution in [3.05, 3.63) is 211 Å². The largest absolute Gasteiger partial charge is 0.456 e. The molecule has 0 atom stereocenters. The molecule has 0 saturated heterocycles. The van der Waals surface area contributed by atoms with Crippen LogP contribution in [0.25, 0.3) is 146 Å². The molecule has 4 heterocycles. The van der Waals surface area contributed by atoms with Crippen LogP contribution in [0.2, 0.25) is 0 Å². The highest BCUT2D eigenvalue weighted by Gasteiger charge is 2.33. The molecule has 0 amide bonds. The van der Waals surface area contributed by atoms with Gasteiger partial charge in [-0.1, -0.05) is 158 Å².